The highest BCUT2D eigenvalue weighted by Crippen LogP contribution is 2.31. The smallest absolute Gasteiger partial charge is 0.226 e. The van der Waals surface area contributed by atoms with Gasteiger partial charge in [0.2, 0.25) is 5.91 Å². The third kappa shape index (κ3) is 3.28. The molecule has 120 valence electrons. The first-order chi connectivity index (χ1) is 10.5. The maximum Gasteiger partial charge on any atom is 0.226 e. The molecule has 1 atom stereocenters. The zero-order chi connectivity index (χ0) is 15.7. The number of carbonyl (C=O) groups excluding carboxylic acids is 1. The van der Waals surface area contributed by atoms with Crippen LogP contribution in [-0.4, -0.2) is 34.6 Å². The summed E-state index contributed by atoms with van der Waals surface area (Å²) in [6.07, 6.45) is 4.53. The van der Waals surface area contributed by atoms with E-state index in [4.69, 9.17) is 11.6 Å². The molecule has 1 aromatic rings. The first-order valence-electron chi connectivity index (χ1n) is 7.97. The lowest BCUT2D eigenvalue weighted by Crippen LogP contribution is -2.41. The van der Waals surface area contributed by atoms with Gasteiger partial charge in [-0.1, -0.05) is 17.7 Å². The molecule has 1 heterocycles. The summed E-state index contributed by atoms with van der Waals surface area (Å²) >= 11 is 6.06. The van der Waals surface area contributed by atoms with Crippen molar-refractivity contribution >= 4 is 17.5 Å². The van der Waals surface area contributed by atoms with Gasteiger partial charge in [-0.15, -0.1) is 0 Å². The van der Waals surface area contributed by atoms with Crippen LogP contribution in [0.5, 0.6) is 0 Å². The van der Waals surface area contributed by atoms with E-state index in [2.05, 4.69) is 0 Å². The molecular formula is C17H21ClFNO2. The number of aliphatic hydroxyl groups is 1. The Hall–Kier alpha value is -1.13. The minimum Gasteiger partial charge on any atom is -0.393 e. The zero-order valence-corrected chi connectivity index (χ0v) is 13.2. The van der Waals surface area contributed by atoms with E-state index in [-0.39, 0.29) is 29.8 Å². The van der Waals surface area contributed by atoms with Gasteiger partial charge < -0.3 is 10.0 Å². The van der Waals surface area contributed by atoms with Crippen molar-refractivity contribution in [1.82, 2.24) is 4.90 Å². The predicted molar refractivity (Wildman–Crippen MR) is 83.2 cm³/mol. The van der Waals surface area contributed by atoms with Crippen LogP contribution in [0.3, 0.4) is 0 Å². The molecule has 1 saturated heterocycles. The van der Waals surface area contributed by atoms with Crippen molar-refractivity contribution in [1.29, 1.82) is 0 Å². The second-order valence-electron chi connectivity index (χ2n) is 6.42. The molecule has 3 nitrogen and oxygen atoms in total. The van der Waals surface area contributed by atoms with Crippen molar-refractivity contribution in [2.24, 2.45) is 5.92 Å². The molecule has 0 radical (unpaired) electrons. The summed E-state index contributed by atoms with van der Waals surface area (Å²) < 4.78 is 13.1. The number of amides is 1. The molecule has 1 saturated carbocycles. The fourth-order valence-electron chi connectivity index (χ4n) is 3.64. The van der Waals surface area contributed by atoms with Gasteiger partial charge in [0, 0.05) is 23.5 Å². The van der Waals surface area contributed by atoms with Gasteiger partial charge in [0.15, 0.2) is 0 Å². The lowest BCUT2D eigenvalue weighted by atomic mass is 9.92. The van der Waals surface area contributed by atoms with E-state index in [0.29, 0.717) is 11.4 Å². The number of likely N-dealkylation sites (tertiary alicyclic amines) is 1. The van der Waals surface area contributed by atoms with Crippen molar-refractivity contribution in [3.63, 3.8) is 0 Å². The highest BCUT2D eigenvalue weighted by Gasteiger charge is 2.37. The fraction of sp³-hybridized carbons (Fsp3) is 0.588. The number of halogens is 2. The average Bonchev–Trinajstić information content (AvgIpc) is 2.84. The van der Waals surface area contributed by atoms with Gasteiger partial charge in [-0.25, -0.2) is 4.39 Å². The van der Waals surface area contributed by atoms with Crippen LogP contribution in [0, 0.1) is 11.7 Å². The van der Waals surface area contributed by atoms with E-state index in [1.54, 1.807) is 6.07 Å². The van der Waals surface area contributed by atoms with Crippen LogP contribution < -0.4 is 0 Å². The maximum absolute atomic E-state index is 13.1. The van der Waals surface area contributed by atoms with Crippen LogP contribution >= 0.6 is 11.6 Å². The quantitative estimate of drug-likeness (QED) is 0.927. The van der Waals surface area contributed by atoms with E-state index >= 15 is 0 Å². The normalized spacial score (nSPS) is 29.1. The topological polar surface area (TPSA) is 40.5 Å². The second-order valence-corrected chi connectivity index (χ2v) is 6.83. The van der Waals surface area contributed by atoms with Crippen LogP contribution in [0.1, 0.15) is 37.7 Å². The van der Waals surface area contributed by atoms with Crippen molar-refractivity contribution in [2.75, 3.05) is 6.54 Å². The number of aliphatic hydroxyl groups excluding tert-OH is 1. The lowest BCUT2D eigenvalue weighted by molar-refractivity contribution is -0.133. The standard InChI is InChI=1S/C17H21ClFNO2/c18-16-10-13(19)2-1-11(16)9-12-7-8-20(17(12)22)14-3-5-15(21)6-4-14/h1-2,10,12,14-15,21H,3-9H2. The monoisotopic (exact) mass is 325 g/mol. The number of hydrogen-bond acceptors (Lipinski definition) is 2. The lowest BCUT2D eigenvalue weighted by Gasteiger charge is -2.33. The molecule has 1 aromatic carbocycles. The molecule has 0 spiro atoms. The Morgan fingerprint density at radius 3 is 2.64 bits per heavy atom. The van der Waals surface area contributed by atoms with Gasteiger partial charge in [-0.2, -0.15) is 0 Å². The summed E-state index contributed by atoms with van der Waals surface area (Å²) in [5.41, 5.74) is 0.835. The van der Waals surface area contributed by atoms with Crippen molar-refractivity contribution in [2.45, 2.75) is 50.7 Å². The number of nitrogens with zero attached hydrogens (tertiary/aromatic N) is 1. The number of carbonyl (C=O) groups is 1. The Kier molecular flexibility index (Phi) is 4.69. The van der Waals surface area contributed by atoms with Crippen molar-refractivity contribution in [3.8, 4) is 0 Å². The summed E-state index contributed by atoms with van der Waals surface area (Å²) in [6, 6.07) is 4.63. The molecule has 1 N–H and O–H groups in total. The third-order valence-corrected chi connectivity index (χ3v) is 5.29. The molecular weight excluding hydrogens is 305 g/mol. The number of benzene rings is 1. The molecule has 3 rings (SSSR count). The second kappa shape index (κ2) is 6.55. The summed E-state index contributed by atoms with van der Waals surface area (Å²) in [7, 11) is 0. The van der Waals surface area contributed by atoms with E-state index in [9.17, 15) is 14.3 Å². The molecule has 22 heavy (non-hydrogen) atoms. The van der Waals surface area contributed by atoms with E-state index in [1.165, 1.54) is 12.1 Å². The Morgan fingerprint density at radius 2 is 1.95 bits per heavy atom. The predicted octanol–water partition coefficient (Wildman–Crippen LogP) is 3.17. The number of rotatable bonds is 3. The first kappa shape index (κ1) is 15.8. The molecule has 1 aliphatic heterocycles. The van der Waals surface area contributed by atoms with Gasteiger partial charge in [0.05, 0.1) is 6.10 Å². The average molecular weight is 326 g/mol. The number of hydrogen-bond donors (Lipinski definition) is 1. The van der Waals surface area contributed by atoms with E-state index in [1.807, 2.05) is 4.90 Å². The SMILES string of the molecule is O=C1C(Cc2ccc(F)cc2Cl)CCN1C1CCC(O)CC1. The highest BCUT2D eigenvalue weighted by atomic mass is 35.5. The van der Waals surface area contributed by atoms with Crippen molar-refractivity contribution < 1.29 is 14.3 Å². The molecule has 2 fully saturated rings. The maximum atomic E-state index is 13.1. The van der Waals surface area contributed by atoms with Gasteiger partial charge in [0.1, 0.15) is 5.82 Å². The van der Waals surface area contributed by atoms with E-state index < -0.39 is 0 Å². The Bertz CT molecular complexity index is 558. The largest absolute Gasteiger partial charge is 0.393 e. The molecule has 5 heteroatoms. The summed E-state index contributed by atoms with van der Waals surface area (Å²) in [4.78, 5) is 14.6. The minimum atomic E-state index is -0.353. The van der Waals surface area contributed by atoms with Crippen LogP contribution in [0.4, 0.5) is 4.39 Å². The minimum absolute atomic E-state index is 0.0604. The van der Waals surface area contributed by atoms with E-state index in [0.717, 1.165) is 44.2 Å². The van der Waals surface area contributed by atoms with Crippen LogP contribution in [-0.2, 0) is 11.2 Å². The molecule has 1 unspecified atom stereocenters. The summed E-state index contributed by atoms with van der Waals surface area (Å²) in [5, 5.41) is 9.98. The molecule has 1 aliphatic carbocycles. The molecule has 0 aromatic heterocycles. The van der Waals surface area contributed by atoms with Crippen LogP contribution in [0.15, 0.2) is 18.2 Å². The Balaban J connectivity index is 1.63. The Labute approximate surface area is 135 Å². The first-order valence-corrected chi connectivity index (χ1v) is 8.35. The summed E-state index contributed by atoms with van der Waals surface area (Å²) in [6.45, 7) is 0.781. The molecule has 0 bridgehead atoms. The van der Waals surface area contributed by atoms with Gasteiger partial charge >= 0.3 is 0 Å². The van der Waals surface area contributed by atoms with Gasteiger partial charge in [-0.3, -0.25) is 4.79 Å². The van der Waals surface area contributed by atoms with Crippen LogP contribution in [0.25, 0.3) is 0 Å². The van der Waals surface area contributed by atoms with Crippen LogP contribution in [0.2, 0.25) is 5.02 Å². The zero-order valence-electron chi connectivity index (χ0n) is 12.5. The highest BCUT2D eigenvalue weighted by molar-refractivity contribution is 6.31. The summed E-state index contributed by atoms with van der Waals surface area (Å²) in [5.74, 6) is -0.231. The third-order valence-electron chi connectivity index (χ3n) is 4.94. The van der Waals surface area contributed by atoms with Crippen molar-refractivity contribution in [3.05, 3.63) is 34.6 Å². The molecule has 1 amide bonds. The Morgan fingerprint density at radius 1 is 1.23 bits per heavy atom. The molecule has 2 aliphatic rings. The fourth-order valence-corrected chi connectivity index (χ4v) is 3.88. The van der Waals surface area contributed by atoms with Gasteiger partial charge in [-0.05, 0) is 56.2 Å². The van der Waals surface area contributed by atoms with Gasteiger partial charge in [0.25, 0.3) is 0 Å².